The summed E-state index contributed by atoms with van der Waals surface area (Å²) >= 11 is 1.51. The Bertz CT molecular complexity index is 1150. The van der Waals surface area contributed by atoms with Crippen LogP contribution in [0.25, 0.3) is 5.57 Å². The van der Waals surface area contributed by atoms with Crippen molar-refractivity contribution >= 4 is 22.8 Å². The standard InChI is InChI=1S/C24H24F3N3O2S/c1-14(2)20-13-29-22(33-20)17-11-23(30-21(31)18(17)12-28)8-6-15-10-16(4-5-19(15)23)32-9-3-7-24(25,26)27/h4-5,10,13-14H,3,6-9,11H2,1-2H3,(H,30,31)/t23-/m0/s1. The summed E-state index contributed by atoms with van der Waals surface area (Å²) in [5.74, 6) is 0.418. The van der Waals surface area contributed by atoms with Gasteiger partial charge in [0.1, 0.15) is 22.4 Å². The summed E-state index contributed by atoms with van der Waals surface area (Å²) < 4.78 is 42.5. The molecular weight excluding hydrogens is 451 g/mol. The van der Waals surface area contributed by atoms with Crippen LogP contribution < -0.4 is 10.1 Å². The lowest BCUT2D eigenvalue weighted by molar-refractivity contribution is -0.136. The first-order valence-corrected chi connectivity index (χ1v) is 11.7. The molecule has 1 aliphatic carbocycles. The van der Waals surface area contributed by atoms with Crippen molar-refractivity contribution in [2.45, 2.75) is 63.6 Å². The van der Waals surface area contributed by atoms with Crippen LogP contribution in [-0.4, -0.2) is 23.7 Å². The number of thiazole rings is 1. The molecule has 1 amide bonds. The third-order valence-electron chi connectivity index (χ3n) is 6.11. The van der Waals surface area contributed by atoms with Crippen LogP contribution in [0.3, 0.4) is 0 Å². The average Bonchev–Trinajstić information content (AvgIpc) is 3.36. The number of rotatable bonds is 6. The van der Waals surface area contributed by atoms with E-state index in [0.717, 1.165) is 16.0 Å². The second-order valence-electron chi connectivity index (χ2n) is 8.79. The highest BCUT2D eigenvalue weighted by molar-refractivity contribution is 7.12. The van der Waals surface area contributed by atoms with Gasteiger partial charge >= 0.3 is 6.18 Å². The van der Waals surface area contributed by atoms with Gasteiger partial charge in [-0.2, -0.15) is 18.4 Å². The third kappa shape index (κ3) is 4.76. The van der Waals surface area contributed by atoms with Crippen LogP contribution in [0, 0.1) is 11.3 Å². The molecule has 33 heavy (non-hydrogen) atoms. The molecule has 5 nitrogen and oxygen atoms in total. The Hall–Kier alpha value is -2.86. The largest absolute Gasteiger partial charge is 0.494 e. The van der Waals surface area contributed by atoms with Crippen LogP contribution in [0.2, 0.25) is 0 Å². The lowest BCUT2D eigenvalue weighted by Crippen LogP contribution is -2.48. The number of benzene rings is 1. The molecule has 2 aromatic rings. The van der Waals surface area contributed by atoms with Gasteiger partial charge in [-0.1, -0.05) is 19.9 Å². The first kappa shape index (κ1) is 23.3. The zero-order valence-electron chi connectivity index (χ0n) is 18.4. The first-order valence-electron chi connectivity index (χ1n) is 10.9. The Morgan fingerprint density at radius 2 is 2.15 bits per heavy atom. The molecule has 174 valence electrons. The van der Waals surface area contributed by atoms with Crippen LogP contribution in [0.15, 0.2) is 30.0 Å². The molecule has 2 heterocycles. The van der Waals surface area contributed by atoms with Gasteiger partial charge in [0.2, 0.25) is 0 Å². The van der Waals surface area contributed by atoms with Gasteiger partial charge in [-0.3, -0.25) is 4.79 Å². The molecule has 1 N–H and O–H groups in total. The van der Waals surface area contributed by atoms with E-state index in [0.29, 0.717) is 41.5 Å². The number of hydrogen-bond donors (Lipinski definition) is 1. The minimum absolute atomic E-state index is 0.0131. The monoisotopic (exact) mass is 475 g/mol. The summed E-state index contributed by atoms with van der Waals surface area (Å²) in [5.41, 5.74) is 2.07. The van der Waals surface area contributed by atoms with E-state index in [1.54, 1.807) is 12.3 Å². The van der Waals surface area contributed by atoms with E-state index in [9.17, 15) is 23.2 Å². The fourth-order valence-electron chi connectivity index (χ4n) is 4.44. The van der Waals surface area contributed by atoms with Crippen LogP contribution >= 0.6 is 11.3 Å². The van der Waals surface area contributed by atoms with E-state index in [4.69, 9.17) is 4.74 Å². The zero-order chi connectivity index (χ0) is 23.8. The molecule has 0 radical (unpaired) electrons. The fourth-order valence-corrected chi connectivity index (χ4v) is 5.40. The van der Waals surface area contributed by atoms with Crippen molar-refractivity contribution in [1.82, 2.24) is 10.3 Å². The molecule has 1 aliphatic heterocycles. The van der Waals surface area contributed by atoms with Gasteiger partial charge < -0.3 is 10.1 Å². The summed E-state index contributed by atoms with van der Waals surface area (Å²) in [6.45, 7) is 4.13. The molecule has 9 heteroatoms. The Labute approximate surface area is 194 Å². The molecule has 1 aromatic carbocycles. The SMILES string of the molecule is CC(C)c1cnc(C2=C(C#N)C(=O)N[C@@]3(CCc4cc(OCCCC(F)(F)F)ccc43)C2)s1. The lowest BCUT2D eigenvalue weighted by atomic mass is 9.80. The van der Waals surface area contributed by atoms with Crippen molar-refractivity contribution in [1.29, 1.82) is 5.26 Å². The maximum absolute atomic E-state index is 12.9. The van der Waals surface area contributed by atoms with Gasteiger partial charge in [0, 0.05) is 29.5 Å². The number of alkyl halides is 3. The van der Waals surface area contributed by atoms with E-state index in [-0.39, 0.29) is 18.6 Å². The first-order chi connectivity index (χ1) is 15.6. The van der Waals surface area contributed by atoms with Gasteiger partial charge in [-0.15, -0.1) is 11.3 Å². The minimum atomic E-state index is -4.19. The molecule has 0 saturated carbocycles. The molecule has 0 unspecified atom stereocenters. The molecule has 0 bridgehead atoms. The highest BCUT2D eigenvalue weighted by Crippen LogP contribution is 2.47. The lowest BCUT2D eigenvalue weighted by Gasteiger charge is -2.36. The predicted molar refractivity (Wildman–Crippen MR) is 119 cm³/mol. The van der Waals surface area contributed by atoms with E-state index in [1.165, 1.54) is 11.3 Å². The summed E-state index contributed by atoms with van der Waals surface area (Å²) in [4.78, 5) is 18.5. The quantitative estimate of drug-likeness (QED) is 0.550. The Kier molecular flexibility index (Phi) is 6.23. The maximum Gasteiger partial charge on any atom is 0.389 e. The highest BCUT2D eigenvalue weighted by Gasteiger charge is 2.45. The van der Waals surface area contributed by atoms with Gasteiger partial charge in [-0.25, -0.2) is 4.98 Å². The van der Waals surface area contributed by atoms with Crippen molar-refractivity contribution in [2.75, 3.05) is 6.61 Å². The smallest absolute Gasteiger partial charge is 0.389 e. The van der Waals surface area contributed by atoms with Gasteiger partial charge in [0.05, 0.1) is 12.1 Å². The molecule has 1 atom stereocenters. The zero-order valence-corrected chi connectivity index (χ0v) is 19.2. The van der Waals surface area contributed by atoms with Crippen molar-refractivity contribution in [3.63, 3.8) is 0 Å². The number of nitriles is 1. The second-order valence-corrected chi connectivity index (χ2v) is 9.85. The minimum Gasteiger partial charge on any atom is -0.494 e. The molecule has 1 aromatic heterocycles. The second kappa shape index (κ2) is 8.82. The molecular formula is C24H24F3N3O2S. The van der Waals surface area contributed by atoms with Gasteiger partial charge in [0.15, 0.2) is 0 Å². The fraction of sp³-hybridized carbons (Fsp3) is 0.458. The number of aromatic nitrogens is 1. The normalized spacial score (nSPS) is 20.2. The van der Waals surface area contributed by atoms with Crippen molar-refractivity contribution in [2.24, 2.45) is 0 Å². The van der Waals surface area contributed by atoms with E-state index in [2.05, 4.69) is 30.2 Å². The van der Waals surface area contributed by atoms with Crippen molar-refractivity contribution in [3.8, 4) is 11.8 Å². The van der Waals surface area contributed by atoms with E-state index in [1.807, 2.05) is 12.1 Å². The van der Waals surface area contributed by atoms with Gasteiger partial charge in [-0.05, 0) is 48.4 Å². The van der Waals surface area contributed by atoms with Crippen LogP contribution in [-0.2, 0) is 16.8 Å². The summed E-state index contributed by atoms with van der Waals surface area (Å²) in [7, 11) is 0. The average molecular weight is 476 g/mol. The molecule has 1 spiro atoms. The highest BCUT2D eigenvalue weighted by atomic mass is 32.1. The number of nitrogens with one attached hydrogen (secondary N) is 1. The number of hydrogen-bond acceptors (Lipinski definition) is 5. The third-order valence-corrected chi connectivity index (χ3v) is 7.47. The number of fused-ring (bicyclic) bond motifs is 2. The Morgan fingerprint density at radius 1 is 1.36 bits per heavy atom. The topological polar surface area (TPSA) is 75.0 Å². The number of amides is 1. The summed E-state index contributed by atoms with van der Waals surface area (Å²) in [6.07, 6.45) is -1.54. The Balaban J connectivity index is 1.57. The van der Waals surface area contributed by atoms with Crippen LogP contribution in [0.4, 0.5) is 13.2 Å². The molecule has 4 rings (SSSR count). The molecule has 2 aliphatic rings. The van der Waals surface area contributed by atoms with Crippen LogP contribution in [0.1, 0.15) is 66.5 Å². The number of carbonyl (C=O) groups is 1. The van der Waals surface area contributed by atoms with Gasteiger partial charge in [0.25, 0.3) is 5.91 Å². The number of carbonyl (C=O) groups excluding carboxylic acids is 1. The van der Waals surface area contributed by atoms with Crippen molar-refractivity contribution in [3.05, 3.63) is 51.0 Å². The number of nitrogens with zero attached hydrogens (tertiary/aromatic N) is 2. The summed E-state index contributed by atoms with van der Waals surface area (Å²) in [6, 6.07) is 7.50. The van der Waals surface area contributed by atoms with Crippen molar-refractivity contribution < 1.29 is 22.7 Å². The Morgan fingerprint density at radius 3 is 2.82 bits per heavy atom. The number of halogens is 3. The molecule has 0 saturated heterocycles. The van der Waals surface area contributed by atoms with E-state index >= 15 is 0 Å². The molecule has 0 fully saturated rings. The number of ether oxygens (including phenoxy) is 1. The van der Waals surface area contributed by atoms with Crippen LogP contribution in [0.5, 0.6) is 5.75 Å². The predicted octanol–water partition coefficient (Wildman–Crippen LogP) is 5.63. The number of aryl methyl sites for hydroxylation is 1. The summed E-state index contributed by atoms with van der Waals surface area (Å²) in [5, 5.41) is 13.4. The maximum atomic E-state index is 12.9. The van der Waals surface area contributed by atoms with E-state index < -0.39 is 24.0 Å².